The molecule has 1 aliphatic heterocycles. The van der Waals surface area contributed by atoms with Crippen LogP contribution in [0.25, 0.3) is 0 Å². The van der Waals surface area contributed by atoms with Crippen molar-refractivity contribution >= 4 is 29.4 Å². The number of likely N-dealkylation sites (tertiary alicyclic amines) is 1. The van der Waals surface area contributed by atoms with Crippen LogP contribution in [0.1, 0.15) is 32.3 Å². The first-order valence-corrected chi connectivity index (χ1v) is 11.5. The molecule has 1 amide bonds. The lowest BCUT2D eigenvalue weighted by Crippen LogP contribution is -2.42. The van der Waals surface area contributed by atoms with E-state index in [1.165, 1.54) is 11.2 Å². The van der Waals surface area contributed by atoms with Gasteiger partial charge in [0, 0.05) is 25.7 Å². The van der Waals surface area contributed by atoms with Gasteiger partial charge in [-0.2, -0.15) is 0 Å². The lowest BCUT2D eigenvalue weighted by molar-refractivity contribution is -0.383. The molecule has 0 atom stereocenters. The zero-order chi connectivity index (χ0) is 25.2. The number of benzene rings is 1. The molecular formula is C23H30N6O6. The first kappa shape index (κ1) is 25.7. The van der Waals surface area contributed by atoms with Crippen molar-refractivity contribution in [2.45, 2.75) is 39.3 Å². The van der Waals surface area contributed by atoms with Gasteiger partial charge in [-0.15, -0.1) is 0 Å². The number of nitrogens with one attached hydrogen (secondary N) is 1. The van der Waals surface area contributed by atoms with Gasteiger partial charge in [-0.05, 0) is 32.3 Å². The van der Waals surface area contributed by atoms with Crippen LogP contribution in [0.3, 0.4) is 0 Å². The summed E-state index contributed by atoms with van der Waals surface area (Å²) < 4.78 is 10.1. The number of nitrogens with zero attached hydrogens (tertiary/aromatic N) is 5. The highest BCUT2D eigenvalue weighted by Crippen LogP contribution is 2.33. The van der Waals surface area contributed by atoms with Crippen molar-refractivity contribution in [2.75, 3.05) is 43.1 Å². The van der Waals surface area contributed by atoms with Crippen molar-refractivity contribution < 1.29 is 24.0 Å². The molecule has 1 aromatic heterocycles. The highest BCUT2D eigenvalue weighted by Gasteiger charge is 2.31. The van der Waals surface area contributed by atoms with E-state index in [1.807, 2.05) is 30.3 Å². The molecular weight excluding hydrogens is 456 g/mol. The topological polar surface area (TPSA) is 140 Å². The minimum absolute atomic E-state index is 0.0216. The molecule has 1 aromatic carbocycles. The van der Waals surface area contributed by atoms with E-state index in [4.69, 9.17) is 9.47 Å². The smallest absolute Gasteiger partial charge is 0.409 e. The molecule has 188 valence electrons. The van der Waals surface area contributed by atoms with E-state index in [0.29, 0.717) is 32.5 Å². The average Bonchev–Trinajstić information content (AvgIpc) is 2.85. The molecule has 0 aliphatic carbocycles. The Labute approximate surface area is 203 Å². The van der Waals surface area contributed by atoms with Crippen LogP contribution in [-0.2, 0) is 20.8 Å². The van der Waals surface area contributed by atoms with E-state index < -0.39 is 10.9 Å². The monoisotopic (exact) mass is 486 g/mol. The van der Waals surface area contributed by atoms with Crippen LogP contribution in [0.15, 0.2) is 36.7 Å². The molecule has 2 heterocycles. The van der Waals surface area contributed by atoms with E-state index >= 15 is 0 Å². The van der Waals surface area contributed by atoms with Crippen LogP contribution in [0, 0.1) is 10.1 Å². The molecule has 0 unspecified atom stereocenters. The summed E-state index contributed by atoms with van der Waals surface area (Å²) >= 11 is 0. The second-order valence-corrected chi connectivity index (χ2v) is 7.90. The van der Waals surface area contributed by atoms with Gasteiger partial charge in [0.25, 0.3) is 0 Å². The molecule has 1 aliphatic rings. The Balaban J connectivity index is 1.84. The molecule has 1 saturated heterocycles. The Hall–Kier alpha value is -3.96. The molecule has 2 aromatic rings. The normalized spacial score (nSPS) is 13.7. The number of ether oxygens (including phenoxy) is 2. The maximum Gasteiger partial charge on any atom is 0.409 e. The zero-order valence-electron chi connectivity index (χ0n) is 19.9. The first-order chi connectivity index (χ1) is 16.9. The third-order valence-electron chi connectivity index (χ3n) is 5.49. The van der Waals surface area contributed by atoms with Gasteiger partial charge < -0.3 is 24.6 Å². The van der Waals surface area contributed by atoms with Crippen molar-refractivity contribution in [3.8, 4) is 0 Å². The number of piperidine rings is 1. The number of anilines is 2. The Morgan fingerprint density at radius 1 is 1.14 bits per heavy atom. The van der Waals surface area contributed by atoms with Gasteiger partial charge >= 0.3 is 17.7 Å². The second-order valence-electron chi connectivity index (χ2n) is 7.90. The number of amides is 1. The minimum atomic E-state index is -0.547. The number of aromatic nitrogens is 2. The van der Waals surface area contributed by atoms with Gasteiger partial charge in [-0.1, -0.05) is 30.3 Å². The molecule has 35 heavy (non-hydrogen) atoms. The molecule has 3 rings (SSSR count). The van der Waals surface area contributed by atoms with Gasteiger partial charge in [0.15, 0.2) is 0 Å². The summed E-state index contributed by atoms with van der Waals surface area (Å²) in [7, 11) is 0. The van der Waals surface area contributed by atoms with E-state index in [1.54, 1.807) is 18.7 Å². The second kappa shape index (κ2) is 12.5. The minimum Gasteiger partial charge on any atom is -0.465 e. The molecule has 0 saturated carbocycles. The molecule has 12 heteroatoms. The van der Waals surface area contributed by atoms with Crippen molar-refractivity contribution in [1.82, 2.24) is 14.9 Å². The Kier molecular flexibility index (Phi) is 9.16. The van der Waals surface area contributed by atoms with E-state index in [0.717, 1.165) is 5.56 Å². The lowest BCUT2D eigenvalue weighted by atomic mass is 10.1. The largest absolute Gasteiger partial charge is 0.465 e. The summed E-state index contributed by atoms with van der Waals surface area (Å²) in [6.07, 6.45) is 2.02. The molecule has 12 nitrogen and oxygen atoms in total. The van der Waals surface area contributed by atoms with Crippen LogP contribution < -0.4 is 10.2 Å². The standard InChI is InChI=1S/C23H30N6O6/c1-3-34-19(30)15-28(14-17-8-6-5-7-9-17)22-20(29(32)33)21(24-16-25-22)26-18-10-12-27(13-11-18)23(31)35-4-2/h5-9,16,18H,3-4,10-15H2,1-2H3,(H,24,25,26). The summed E-state index contributed by atoms with van der Waals surface area (Å²) in [5.74, 6) is -0.429. The predicted molar refractivity (Wildman–Crippen MR) is 128 cm³/mol. The molecule has 0 spiro atoms. The summed E-state index contributed by atoms with van der Waals surface area (Å²) in [5.41, 5.74) is 0.533. The summed E-state index contributed by atoms with van der Waals surface area (Å²) in [6, 6.07) is 9.16. The quantitative estimate of drug-likeness (QED) is 0.303. The Morgan fingerprint density at radius 2 is 1.83 bits per heavy atom. The average molecular weight is 487 g/mol. The van der Waals surface area contributed by atoms with Crippen LogP contribution in [-0.4, -0.2) is 70.7 Å². The van der Waals surface area contributed by atoms with E-state index in [2.05, 4.69) is 15.3 Å². The molecule has 1 fully saturated rings. The Bertz CT molecular complexity index is 1010. The fourth-order valence-corrected chi connectivity index (χ4v) is 3.86. The third kappa shape index (κ3) is 7.01. The van der Waals surface area contributed by atoms with Crippen LogP contribution in [0.4, 0.5) is 22.1 Å². The number of carbonyl (C=O) groups excluding carboxylic acids is 2. The maximum absolute atomic E-state index is 12.3. The third-order valence-corrected chi connectivity index (χ3v) is 5.49. The van der Waals surface area contributed by atoms with Gasteiger partial charge in [0.2, 0.25) is 11.6 Å². The van der Waals surface area contributed by atoms with Crippen LogP contribution >= 0.6 is 0 Å². The number of nitro groups is 1. The maximum atomic E-state index is 12.3. The first-order valence-electron chi connectivity index (χ1n) is 11.5. The van der Waals surface area contributed by atoms with Gasteiger partial charge in [-0.25, -0.2) is 14.8 Å². The molecule has 0 bridgehead atoms. The van der Waals surface area contributed by atoms with Crippen molar-refractivity contribution in [3.05, 3.63) is 52.3 Å². The number of hydrogen-bond acceptors (Lipinski definition) is 10. The number of esters is 1. The summed E-state index contributed by atoms with van der Waals surface area (Å²) in [4.78, 5) is 47.3. The van der Waals surface area contributed by atoms with Crippen molar-refractivity contribution in [3.63, 3.8) is 0 Å². The fraction of sp³-hybridized carbons (Fsp3) is 0.478. The lowest BCUT2D eigenvalue weighted by Gasteiger charge is -2.32. The highest BCUT2D eigenvalue weighted by molar-refractivity contribution is 5.79. The van der Waals surface area contributed by atoms with Crippen LogP contribution in [0.5, 0.6) is 0 Å². The summed E-state index contributed by atoms with van der Waals surface area (Å²) in [5, 5.41) is 15.3. The van der Waals surface area contributed by atoms with E-state index in [-0.39, 0.29) is 49.2 Å². The Morgan fingerprint density at radius 3 is 2.46 bits per heavy atom. The van der Waals surface area contributed by atoms with E-state index in [9.17, 15) is 19.7 Å². The summed E-state index contributed by atoms with van der Waals surface area (Å²) in [6.45, 7) is 4.88. The van der Waals surface area contributed by atoms with Crippen molar-refractivity contribution in [2.24, 2.45) is 0 Å². The number of hydrogen-bond donors (Lipinski definition) is 1. The SMILES string of the molecule is CCOC(=O)CN(Cc1ccccc1)c1ncnc(NC2CCN(C(=O)OCC)CC2)c1[N+](=O)[O-]. The highest BCUT2D eigenvalue weighted by atomic mass is 16.6. The number of carbonyl (C=O) groups is 2. The predicted octanol–water partition coefficient (Wildman–Crippen LogP) is 2.99. The van der Waals surface area contributed by atoms with Gasteiger partial charge in [0.05, 0.1) is 18.1 Å². The van der Waals surface area contributed by atoms with Crippen molar-refractivity contribution in [1.29, 1.82) is 0 Å². The zero-order valence-corrected chi connectivity index (χ0v) is 19.9. The fourth-order valence-electron chi connectivity index (χ4n) is 3.86. The molecule has 1 N–H and O–H groups in total. The van der Waals surface area contributed by atoms with Gasteiger partial charge in [0.1, 0.15) is 12.9 Å². The van der Waals surface area contributed by atoms with Gasteiger partial charge in [-0.3, -0.25) is 14.9 Å². The molecule has 0 radical (unpaired) electrons. The van der Waals surface area contributed by atoms with Crippen LogP contribution in [0.2, 0.25) is 0 Å². The number of rotatable bonds is 10.